The molecule has 0 aliphatic carbocycles. The first-order chi connectivity index (χ1) is 7.34. The average Bonchev–Trinajstić information content (AvgIpc) is 2.71. The molecule has 1 amide bonds. The van der Waals surface area contributed by atoms with Crippen molar-refractivity contribution in [2.24, 2.45) is 0 Å². The summed E-state index contributed by atoms with van der Waals surface area (Å²) in [5, 5.41) is 15.3. The largest absolute Gasteiger partial charge is 0.292 e. The van der Waals surface area contributed by atoms with E-state index in [1.807, 2.05) is 30.3 Å². The number of H-pyrrole nitrogens is 1. The van der Waals surface area contributed by atoms with E-state index >= 15 is 0 Å². The first-order valence-electron chi connectivity index (χ1n) is 4.42. The molecule has 0 aliphatic heterocycles. The van der Waals surface area contributed by atoms with Gasteiger partial charge in [0.2, 0.25) is 5.91 Å². The van der Waals surface area contributed by atoms with Gasteiger partial charge in [-0.3, -0.25) is 10.1 Å². The Balaban J connectivity index is 1.94. The van der Waals surface area contributed by atoms with Crippen LogP contribution in [0.25, 0.3) is 0 Å². The van der Waals surface area contributed by atoms with E-state index in [4.69, 9.17) is 0 Å². The maximum atomic E-state index is 11.4. The highest BCUT2D eigenvalue weighted by Crippen LogP contribution is 2.01. The molecule has 1 aromatic heterocycles. The molecule has 6 nitrogen and oxygen atoms in total. The molecule has 2 N–H and O–H groups in total. The van der Waals surface area contributed by atoms with E-state index in [1.54, 1.807) is 0 Å². The van der Waals surface area contributed by atoms with Gasteiger partial charge in [-0.2, -0.15) is 5.21 Å². The van der Waals surface area contributed by atoms with Crippen LogP contribution in [-0.4, -0.2) is 26.5 Å². The van der Waals surface area contributed by atoms with E-state index < -0.39 is 0 Å². The highest BCUT2D eigenvalue weighted by molar-refractivity contribution is 5.90. The maximum Gasteiger partial charge on any atom is 0.269 e. The van der Waals surface area contributed by atoms with Crippen molar-refractivity contribution in [1.29, 1.82) is 0 Å². The van der Waals surface area contributed by atoms with Gasteiger partial charge in [0.15, 0.2) is 0 Å². The molecule has 1 aromatic carbocycles. The van der Waals surface area contributed by atoms with E-state index in [-0.39, 0.29) is 11.9 Å². The standard InChI is InChI=1S/C9H9N5O/c15-8(10-9-11-13-14-12-9)6-7-4-2-1-3-5-7/h1-5H,6H2,(H2,10,11,12,13,14,15). The molecule has 6 heteroatoms. The first-order valence-corrected chi connectivity index (χ1v) is 4.42. The summed E-state index contributed by atoms with van der Waals surface area (Å²) in [6, 6.07) is 9.44. The highest BCUT2D eigenvalue weighted by Gasteiger charge is 2.05. The molecule has 1 heterocycles. The van der Waals surface area contributed by atoms with Gasteiger partial charge < -0.3 is 0 Å². The molecular formula is C9H9N5O. The van der Waals surface area contributed by atoms with Crippen molar-refractivity contribution in [3.63, 3.8) is 0 Å². The van der Waals surface area contributed by atoms with E-state index in [0.29, 0.717) is 6.42 Å². The number of benzene rings is 1. The predicted octanol–water partition coefficient (Wildman–Crippen LogP) is 0.381. The van der Waals surface area contributed by atoms with Crippen LogP contribution in [-0.2, 0) is 11.2 Å². The zero-order valence-electron chi connectivity index (χ0n) is 7.84. The first kappa shape index (κ1) is 9.32. The Morgan fingerprint density at radius 1 is 1.33 bits per heavy atom. The smallest absolute Gasteiger partial charge is 0.269 e. The molecule has 0 saturated heterocycles. The van der Waals surface area contributed by atoms with Crippen molar-refractivity contribution in [3.8, 4) is 0 Å². The Morgan fingerprint density at radius 3 is 2.80 bits per heavy atom. The molecule has 76 valence electrons. The molecule has 0 radical (unpaired) electrons. The molecule has 0 aliphatic rings. The fraction of sp³-hybridized carbons (Fsp3) is 0.111. The third kappa shape index (κ3) is 2.60. The van der Waals surface area contributed by atoms with Crippen molar-refractivity contribution >= 4 is 11.9 Å². The van der Waals surface area contributed by atoms with Gasteiger partial charge in [0.25, 0.3) is 5.95 Å². The van der Waals surface area contributed by atoms with E-state index in [0.717, 1.165) is 5.56 Å². The molecule has 0 unspecified atom stereocenters. The summed E-state index contributed by atoms with van der Waals surface area (Å²) in [6.07, 6.45) is 0.301. The molecular weight excluding hydrogens is 194 g/mol. The topological polar surface area (TPSA) is 83.6 Å². The second kappa shape index (κ2) is 4.32. The van der Waals surface area contributed by atoms with Gasteiger partial charge in [-0.25, -0.2) is 0 Å². The molecule has 2 aromatic rings. The van der Waals surface area contributed by atoms with Crippen LogP contribution >= 0.6 is 0 Å². The number of rotatable bonds is 3. The lowest BCUT2D eigenvalue weighted by molar-refractivity contribution is -0.115. The van der Waals surface area contributed by atoms with Crippen LogP contribution in [0.5, 0.6) is 0 Å². The van der Waals surface area contributed by atoms with Gasteiger partial charge in [-0.05, 0) is 10.8 Å². The zero-order chi connectivity index (χ0) is 10.5. The molecule has 15 heavy (non-hydrogen) atoms. The quantitative estimate of drug-likeness (QED) is 0.755. The van der Waals surface area contributed by atoms with Crippen LogP contribution in [0.4, 0.5) is 5.95 Å². The van der Waals surface area contributed by atoms with Gasteiger partial charge in [-0.1, -0.05) is 35.4 Å². The van der Waals surface area contributed by atoms with Crippen LogP contribution in [0.15, 0.2) is 30.3 Å². The molecule has 0 fully saturated rings. The van der Waals surface area contributed by atoms with Crippen molar-refractivity contribution in [2.45, 2.75) is 6.42 Å². The summed E-state index contributed by atoms with van der Waals surface area (Å²) < 4.78 is 0. The number of aromatic nitrogens is 4. The highest BCUT2D eigenvalue weighted by atomic mass is 16.1. The van der Waals surface area contributed by atoms with Gasteiger partial charge in [-0.15, -0.1) is 5.10 Å². The Kier molecular flexibility index (Phi) is 2.68. The van der Waals surface area contributed by atoms with Crippen molar-refractivity contribution < 1.29 is 4.79 Å². The maximum absolute atomic E-state index is 11.4. The van der Waals surface area contributed by atoms with Gasteiger partial charge >= 0.3 is 0 Å². The Morgan fingerprint density at radius 2 is 2.13 bits per heavy atom. The second-order valence-electron chi connectivity index (χ2n) is 2.95. The minimum atomic E-state index is -0.164. The summed E-state index contributed by atoms with van der Waals surface area (Å²) in [6.45, 7) is 0. The average molecular weight is 203 g/mol. The summed E-state index contributed by atoms with van der Waals surface area (Å²) in [5.74, 6) is 0.0264. The third-order valence-electron chi connectivity index (χ3n) is 1.80. The monoisotopic (exact) mass is 203 g/mol. The van der Waals surface area contributed by atoms with Crippen LogP contribution in [0.2, 0.25) is 0 Å². The van der Waals surface area contributed by atoms with Gasteiger partial charge in [0, 0.05) is 0 Å². The molecule has 2 rings (SSSR count). The molecule has 0 spiro atoms. The minimum absolute atomic E-state index is 0.164. The number of nitrogens with one attached hydrogen (secondary N) is 2. The number of anilines is 1. The third-order valence-corrected chi connectivity index (χ3v) is 1.80. The minimum Gasteiger partial charge on any atom is -0.292 e. The Hall–Kier alpha value is -2.24. The molecule has 0 saturated carbocycles. The van der Waals surface area contributed by atoms with Crippen molar-refractivity contribution in [3.05, 3.63) is 35.9 Å². The van der Waals surface area contributed by atoms with Gasteiger partial charge in [0.05, 0.1) is 6.42 Å². The zero-order valence-corrected chi connectivity index (χ0v) is 7.84. The van der Waals surface area contributed by atoms with Crippen molar-refractivity contribution in [2.75, 3.05) is 5.32 Å². The summed E-state index contributed by atoms with van der Waals surface area (Å²) >= 11 is 0. The second-order valence-corrected chi connectivity index (χ2v) is 2.95. The number of tetrazole rings is 1. The van der Waals surface area contributed by atoms with Crippen LogP contribution in [0, 0.1) is 0 Å². The van der Waals surface area contributed by atoms with Crippen molar-refractivity contribution in [1.82, 2.24) is 20.6 Å². The lowest BCUT2D eigenvalue weighted by Crippen LogP contribution is -2.15. The molecule has 0 atom stereocenters. The Labute approximate surface area is 85.7 Å². The van der Waals surface area contributed by atoms with Crippen LogP contribution < -0.4 is 5.32 Å². The number of hydrogen-bond acceptors (Lipinski definition) is 4. The van der Waals surface area contributed by atoms with Gasteiger partial charge in [0.1, 0.15) is 0 Å². The Bertz CT molecular complexity index is 425. The number of aromatic amines is 1. The number of carbonyl (C=O) groups is 1. The lowest BCUT2D eigenvalue weighted by atomic mass is 10.1. The fourth-order valence-electron chi connectivity index (χ4n) is 1.16. The number of carbonyl (C=O) groups excluding carboxylic acids is 1. The lowest BCUT2D eigenvalue weighted by Gasteiger charge is -1.99. The summed E-state index contributed by atoms with van der Waals surface area (Å²) in [7, 11) is 0. The normalized spacial score (nSPS) is 9.87. The van der Waals surface area contributed by atoms with E-state index in [9.17, 15) is 4.79 Å². The number of amides is 1. The van der Waals surface area contributed by atoms with E-state index in [1.165, 1.54) is 0 Å². The number of hydrogen-bond donors (Lipinski definition) is 2. The summed E-state index contributed by atoms with van der Waals surface area (Å²) in [4.78, 5) is 11.4. The fourth-order valence-corrected chi connectivity index (χ4v) is 1.16. The predicted molar refractivity (Wildman–Crippen MR) is 53.0 cm³/mol. The van der Waals surface area contributed by atoms with Crippen LogP contribution in [0.1, 0.15) is 5.56 Å². The number of nitrogens with zero attached hydrogens (tertiary/aromatic N) is 3. The van der Waals surface area contributed by atoms with Crippen LogP contribution in [0.3, 0.4) is 0 Å². The molecule has 0 bridgehead atoms. The summed E-state index contributed by atoms with van der Waals surface area (Å²) in [5.41, 5.74) is 0.943. The van der Waals surface area contributed by atoms with E-state index in [2.05, 4.69) is 25.9 Å². The SMILES string of the molecule is O=C(Cc1ccccc1)Nc1nn[nH]n1.